The molecule has 0 spiro atoms. The Balaban J connectivity index is 2.34. The largest absolute Gasteiger partial charge is 0.271 e. The van der Waals surface area contributed by atoms with Crippen molar-refractivity contribution in [3.05, 3.63) is 69.7 Å². The van der Waals surface area contributed by atoms with Crippen molar-refractivity contribution in [2.45, 2.75) is 19.4 Å². The highest BCUT2D eigenvalue weighted by Gasteiger charge is 2.18. The lowest BCUT2D eigenvalue weighted by atomic mass is 9.97. The zero-order valence-corrected chi connectivity index (χ0v) is 11.7. The summed E-state index contributed by atoms with van der Waals surface area (Å²) in [6, 6.07) is 8.74. The van der Waals surface area contributed by atoms with Gasteiger partial charge in [0.1, 0.15) is 11.6 Å². The lowest BCUT2D eigenvalue weighted by Gasteiger charge is -2.18. The van der Waals surface area contributed by atoms with Gasteiger partial charge in [-0.25, -0.2) is 8.78 Å². The van der Waals surface area contributed by atoms with Crippen LogP contribution in [0.2, 0.25) is 5.02 Å². The molecular weight excluding hydrogens is 282 g/mol. The van der Waals surface area contributed by atoms with Crippen LogP contribution in [0.1, 0.15) is 22.7 Å². The molecule has 0 amide bonds. The molecule has 0 aromatic heterocycles. The van der Waals surface area contributed by atoms with Crippen LogP contribution in [0.3, 0.4) is 0 Å². The second kappa shape index (κ2) is 6.31. The normalized spacial score (nSPS) is 12.4. The Morgan fingerprint density at radius 3 is 2.55 bits per heavy atom. The topological polar surface area (TPSA) is 38.0 Å². The third-order valence-electron chi connectivity index (χ3n) is 3.20. The number of rotatable bonds is 4. The van der Waals surface area contributed by atoms with Gasteiger partial charge in [-0.15, -0.1) is 0 Å². The molecule has 2 nitrogen and oxygen atoms in total. The Bertz CT molecular complexity index is 597. The molecule has 1 unspecified atom stereocenters. The van der Waals surface area contributed by atoms with Gasteiger partial charge >= 0.3 is 0 Å². The number of hydrogen-bond donors (Lipinski definition) is 2. The predicted octanol–water partition coefficient (Wildman–Crippen LogP) is 3.67. The molecule has 2 rings (SSSR count). The molecule has 1 atom stereocenters. The predicted molar refractivity (Wildman–Crippen MR) is 76.3 cm³/mol. The van der Waals surface area contributed by atoms with Crippen LogP contribution in [-0.2, 0) is 6.42 Å². The molecule has 3 N–H and O–H groups in total. The van der Waals surface area contributed by atoms with E-state index in [-0.39, 0.29) is 12.2 Å². The van der Waals surface area contributed by atoms with E-state index >= 15 is 0 Å². The van der Waals surface area contributed by atoms with Crippen LogP contribution >= 0.6 is 11.6 Å². The molecule has 0 radical (unpaired) electrons. The number of benzene rings is 2. The fourth-order valence-corrected chi connectivity index (χ4v) is 2.35. The maximum absolute atomic E-state index is 14.0. The van der Waals surface area contributed by atoms with Gasteiger partial charge in [-0.3, -0.25) is 11.3 Å². The maximum Gasteiger partial charge on any atom is 0.128 e. The lowest BCUT2D eigenvalue weighted by molar-refractivity contribution is 0.498. The van der Waals surface area contributed by atoms with Crippen molar-refractivity contribution in [1.29, 1.82) is 0 Å². The first kappa shape index (κ1) is 14.9. The average molecular weight is 297 g/mol. The van der Waals surface area contributed by atoms with E-state index in [0.717, 1.165) is 5.56 Å². The number of nitrogens with one attached hydrogen (secondary N) is 1. The Hall–Kier alpha value is -1.49. The molecule has 0 saturated heterocycles. The summed E-state index contributed by atoms with van der Waals surface area (Å²) >= 11 is 5.98. The minimum Gasteiger partial charge on any atom is -0.271 e. The monoisotopic (exact) mass is 296 g/mol. The van der Waals surface area contributed by atoms with Gasteiger partial charge in [-0.1, -0.05) is 29.8 Å². The van der Waals surface area contributed by atoms with E-state index in [1.165, 1.54) is 18.2 Å². The highest BCUT2D eigenvalue weighted by Crippen LogP contribution is 2.27. The molecule has 2 aromatic carbocycles. The number of hydrogen-bond acceptors (Lipinski definition) is 2. The second-order valence-corrected chi connectivity index (χ2v) is 5.06. The third-order valence-corrected chi connectivity index (χ3v) is 3.56. The van der Waals surface area contributed by atoms with Gasteiger partial charge in [0, 0.05) is 16.1 Å². The third kappa shape index (κ3) is 3.15. The van der Waals surface area contributed by atoms with Gasteiger partial charge in [0.2, 0.25) is 0 Å². The van der Waals surface area contributed by atoms with Gasteiger partial charge in [-0.05, 0) is 37.1 Å². The number of nitrogens with two attached hydrogens (primary N) is 1. The van der Waals surface area contributed by atoms with Crippen molar-refractivity contribution < 1.29 is 8.78 Å². The van der Waals surface area contributed by atoms with E-state index in [1.807, 2.05) is 0 Å². The van der Waals surface area contributed by atoms with E-state index < -0.39 is 11.9 Å². The summed E-state index contributed by atoms with van der Waals surface area (Å²) in [5, 5.41) is 0.303. The van der Waals surface area contributed by atoms with Crippen molar-refractivity contribution >= 4 is 11.6 Å². The molecule has 106 valence electrons. The van der Waals surface area contributed by atoms with Crippen molar-refractivity contribution in [3.8, 4) is 0 Å². The van der Waals surface area contributed by atoms with E-state index in [1.54, 1.807) is 25.1 Å². The van der Waals surface area contributed by atoms with Crippen molar-refractivity contribution in [3.63, 3.8) is 0 Å². The summed E-state index contributed by atoms with van der Waals surface area (Å²) in [4.78, 5) is 0. The molecule has 0 saturated carbocycles. The summed E-state index contributed by atoms with van der Waals surface area (Å²) in [7, 11) is 0. The smallest absolute Gasteiger partial charge is 0.128 e. The van der Waals surface area contributed by atoms with E-state index in [9.17, 15) is 8.78 Å². The van der Waals surface area contributed by atoms with Crippen LogP contribution in [0.25, 0.3) is 0 Å². The molecule has 0 fully saturated rings. The van der Waals surface area contributed by atoms with Crippen LogP contribution in [0, 0.1) is 18.6 Å². The first-order valence-corrected chi connectivity index (χ1v) is 6.55. The van der Waals surface area contributed by atoms with Crippen LogP contribution < -0.4 is 11.3 Å². The molecule has 0 aliphatic rings. The SMILES string of the molecule is Cc1ccc(C(Cc2c(F)cccc2Cl)NN)c(F)c1. The molecule has 0 heterocycles. The molecule has 20 heavy (non-hydrogen) atoms. The Morgan fingerprint density at radius 1 is 1.20 bits per heavy atom. The zero-order chi connectivity index (χ0) is 14.7. The molecule has 0 bridgehead atoms. The number of aryl methyl sites for hydroxylation is 1. The van der Waals surface area contributed by atoms with Crippen LogP contribution in [0.15, 0.2) is 36.4 Å². The highest BCUT2D eigenvalue weighted by molar-refractivity contribution is 6.31. The van der Waals surface area contributed by atoms with Gasteiger partial charge in [0.05, 0.1) is 6.04 Å². The van der Waals surface area contributed by atoms with Gasteiger partial charge < -0.3 is 0 Å². The molecule has 0 aliphatic heterocycles. The van der Waals surface area contributed by atoms with E-state index in [0.29, 0.717) is 16.1 Å². The zero-order valence-electron chi connectivity index (χ0n) is 11.0. The van der Waals surface area contributed by atoms with Gasteiger partial charge in [-0.2, -0.15) is 0 Å². The summed E-state index contributed by atoms with van der Waals surface area (Å²) in [5.41, 5.74) is 4.03. The van der Waals surface area contributed by atoms with Crippen LogP contribution in [-0.4, -0.2) is 0 Å². The quantitative estimate of drug-likeness (QED) is 0.667. The summed E-state index contributed by atoms with van der Waals surface area (Å²) in [6.07, 6.45) is 0.169. The number of halogens is 3. The van der Waals surface area contributed by atoms with Crippen LogP contribution in [0.4, 0.5) is 8.78 Å². The van der Waals surface area contributed by atoms with Crippen molar-refractivity contribution in [2.24, 2.45) is 5.84 Å². The highest BCUT2D eigenvalue weighted by atomic mass is 35.5. The first-order valence-electron chi connectivity index (χ1n) is 6.18. The Kier molecular flexibility index (Phi) is 4.70. The molecule has 5 heteroatoms. The molecule has 0 aliphatic carbocycles. The fraction of sp³-hybridized carbons (Fsp3) is 0.200. The van der Waals surface area contributed by atoms with Crippen molar-refractivity contribution in [2.75, 3.05) is 0 Å². The first-order chi connectivity index (χ1) is 9.52. The van der Waals surface area contributed by atoms with E-state index in [4.69, 9.17) is 17.4 Å². The minimum absolute atomic E-state index is 0.169. The Morgan fingerprint density at radius 2 is 1.95 bits per heavy atom. The summed E-state index contributed by atoms with van der Waals surface area (Å²) in [6.45, 7) is 1.80. The summed E-state index contributed by atoms with van der Waals surface area (Å²) < 4.78 is 27.7. The second-order valence-electron chi connectivity index (χ2n) is 4.65. The van der Waals surface area contributed by atoms with Gasteiger partial charge in [0.15, 0.2) is 0 Å². The van der Waals surface area contributed by atoms with Crippen molar-refractivity contribution in [1.82, 2.24) is 5.43 Å². The standard InChI is InChI=1S/C15H15ClF2N2/c1-9-5-6-10(14(18)7-9)15(20-19)8-11-12(16)3-2-4-13(11)17/h2-7,15,20H,8,19H2,1H3. The average Bonchev–Trinajstić information content (AvgIpc) is 2.40. The minimum atomic E-state index is -0.551. The van der Waals surface area contributed by atoms with Gasteiger partial charge in [0.25, 0.3) is 0 Å². The Labute approximate surface area is 121 Å². The molecule has 2 aromatic rings. The molecular formula is C15H15ClF2N2. The number of hydrazine groups is 1. The summed E-state index contributed by atoms with van der Waals surface area (Å²) in [5.74, 6) is 4.68. The lowest BCUT2D eigenvalue weighted by Crippen LogP contribution is -2.30. The fourth-order valence-electron chi connectivity index (χ4n) is 2.10. The van der Waals surface area contributed by atoms with E-state index in [2.05, 4.69) is 5.43 Å². The maximum atomic E-state index is 14.0. The van der Waals surface area contributed by atoms with Crippen LogP contribution in [0.5, 0.6) is 0 Å².